The van der Waals surface area contributed by atoms with Crippen LogP contribution in [0.5, 0.6) is 11.5 Å². The summed E-state index contributed by atoms with van der Waals surface area (Å²) in [5, 5.41) is 15.3. The summed E-state index contributed by atoms with van der Waals surface area (Å²) in [5.41, 5.74) is 5.05. The zero-order valence-electron chi connectivity index (χ0n) is 18.3. The predicted molar refractivity (Wildman–Crippen MR) is 125 cm³/mol. The molecule has 12 heteroatoms. The Bertz CT molecular complexity index is 1140. The smallest absolute Gasteiger partial charge is 0.264 e. The lowest BCUT2D eigenvalue weighted by atomic mass is 10.1. The summed E-state index contributed by atoms with van der Waals surface area (Å²) < 4.78 is 24.7. The van der Waals surface area contributed by atoms with Gasteiger partial charge in [-0.05, 0) is 42.8 Å². The highest BCUT2D eigenvalue weighted by molar-refractivity contribution is 7.99. The summed E-state index contributed by atoms with van der Waals surface area (Å²) >= 11 is 1.13. The van der Waals surface area contributed by atoms with E-state index in [2.05, 4.69) is 26.0 Å². The highest BCUT2D eigenvalue weighted by Gasteiger charge is 2.13. The number of ether oxygens (including phenoxy) is 2. The number of nitrogens with zero attached hydrogens (tertiary/aromatic N) is 4. The lowest BCUT2D eigenvalue weighted by molar-refractivity contribution is -0.118. The van der Waals surface area contributed by atoms with Gasteiger partial charge in [0.05, 0.1) is 25.7 Å². The lowest BCUT2D eigenvalue weighted by Crippen LogP contribution is -2.25. The Balaban J connectivity index is 1.54. The molecule has 0 radical (unpaired) electrons. The van der Waals surface area contributed by atoms with Crippen molar-refractivity contribution < 1.29 is 18.7 Å². The minimum absolute atomic E-state index is 0.0878. The average molecular weight is 474 g/mol. The zero-order valence-corrected chi connectivity index (χ0v) is 19.1. The third-order valence-corrected chi connectivity index (χ3v) is 5.47. The Morgan fingerprint density at radius 2 is 1.88 bits per heavy atom. The van der Waals surface area contributed by atoms with Gasteiger partial charge in [-0.25, -0.2) is 14.5 Å². The molecule has 0 bridgehead atoms. The number of nitrogen functional groups attached to an aromatic ring is 1. The molecule has 3 rings (SSSR count). The second-order valence-electron chi connectivity index (χ2n) is 6.75. The van der Waals surface area contributed by atoms with Crippen LogP contribution in [0.3, 0.4) is 0 Å². The maximum absolute atomic E-state index is 12.9. The van der Waals surface area contributed by atoms with Crippen LogP contribution in [0.2, 0.25) is 0 Å². The van der Waals surface area contributed by atoms with E-state index in [9.17, 15) is 9.18 Å². The molecule has 174 valence electrons. The summed E-state index contributed by atoms with van der Waals surface area (Å²) in [6.45, 7) is 2.11. The first kappa shape index (κ1) is 23.9. The second-order valence-corrected chi connectivity index (χ2v) is 7.69. The third kappa shape index (κ3) is 6.35. The fraction of sp³-hybridized carbons (Fsp3) is 0.238. The van der Waals surface area contributed by atoms with E-state index in [-0.39, 0.29) is 23.4 Å². The van der Waals surface area contributed by atoms with E-state index in [0.29, 0.717) is 28.9 Å². The van der Waals surface area contributed by atoms with Crippen LogP contribution in [0, 0.1) is 5.82 Å². The number of benzene rings is 2. The Labute approximate surface area is 194 Å². The molecule has 10 nitrogen and oxygen atoms in total. The number of aromatic nitrogens is 3. The van der Waals surface area contributed by atoms with Crippen molar-refractivity contribution in [2.75, 3.05) is 31.2 Å². The molecule has 0 saturated heterocycles. The van der Waals surface area contributed by atoms with Gasteiger partial charge in [-0.1, -0.05) is 23.9 Å². The first-order valence-electron chi connectivity index (χ1n) is 9.78. The van der Waals surface area contributed by atoms with Gasteiger partial charge < -0.3 is 20.6 Å². The summed E-state index contributed by atoms with van der Waals surface area (Å²) in [6, 6.07) is 11.4. The number of hydrogen-bond donors (Lipinski definition) is 3. The first-order chi connectivity index (χ1) is 15.9. The molecular formula is C21H24FN7O3S. The Morgan fingerprint density at radius 1 is 1.15 bits per heavy atom. The highest BCUT2D eigenvalue weighted by Crippen LogP contribution is 2.27. The molecule has 1 heterocycles. The molecular weight excluding hydrogens is 449 g/mol. The number of thioether (sulfide) groups is 1. The Hall–Kier alpha value is -3.80. The summed E-state index contributed by atoms with van der Waals surface area (Å²) in [7, 11) is 3.13. The van der Waals surface area contributed by atoms with Gasteiger partial charge in [-0.2, -0.15) is 5.10 Å². The van der Waals surface area contributed by atoms with Crippen molar-refractivity contribution in [2.24, 2.45) is 5.10 Å². The third-order valence-electron chi connectivity index (χ3n) is 4.52. The number of rotatable bonds is 10. The van der Waals surface area contributed by atoms with Crippen molar-refractivity contribution in [3.63, 3.8) is 0 Å². The van der Waals surface area contributed by atoms with Crippen LogP contribution >= 0.6 is 11.8 Å². The highest BCUT2D eigenvalue weighted by atomic mass is 32.2. The van der Waals surface area contributed by atoms with Gasteiger partial charge in [-0.3, -0.25) is 4.79 Å². The number of anilines is 1. The monoisotopic (exact) mass is 473 g/mol. The van der Waals surface area contributed by atoms with Crippen LogP contribution in [0.1, 0.15) is 18.1 Å². The summed E-state index contributed by atoms with van der Waals surface area (Å²) in [6.07, 6.45) is 0. The van der Waals surface area contributed by atoms with Crippen LogP contribution in [-0.2, 0) is 11.3 Å². The normalized spacial score (nSPS) is 11.2. The number of hydrazone groups is 1. The molecule has 2 aromatic carbocycles. The van der Waals surface area contributed by atoms with E-state index < -0.39 is 0 Å². The molecule has 0 saturated carbocycles. The van der Waals surface area contributed by atoms with Gasteiger partial charge in [0, 0.05) is 12.1 Å². The molecule has 0 fully saturated rings. The van der Waals surface area contributed by atoms with Gasteiger partial charge in [0.1, 0.15) is 5.82 Å². The average Bonchev–Trinajstić information content (AvgIpc) is 3.19. The van der Waals surface area contributed by atoms with E-state index in [4.69, 9.17) is 15.3 Å². The maximum Gasteiger partial charge on any atom is 0.264 e. The van der Waals surface area contributed by atoms with E-state index in [0.717, 1.165) is 22.9 Å². The van der Waals surface area contributed by atoms with E-state index >= 15 is 0 Å². The van der Waals surface area contributed by atoms with Gasteiger partial charge in [-0.15, -0.1) is 10.2 Å². The molecule has 3 aromatic rings. The quantitative estimate of drug-likeness (QED) is 0.177. The summed E-state index contributed by atoms with van der Waals surface area (Å²) in [4.78, 5) is 12.1. The van der Waals surface area contributed by atoms with Crippen LogP contribution in [0.15, 0.2) is 52.7 Å². The van der Waals surface area contributed by atoms with E-state index in [1.807, 2.05) is 13.0 Å². The van der Waals surface area contributed by atoms with E-state index in [1.54, 1.807) is 38.5 Å². The van der Waals surface area contributed by atoms with Crippen molar-refractivity contribution >= 4 is 29.3 Å². The van der Waals surface area contributed by atoms with E-state index in [1.165, 1.54) is 16.8 Å². The van der Waals surface area contributed by atoms with Crippen LogP contribution in [0.4, 0.5) is 10.3 Å². The molecule has 1 amide bonds. The molecule has 1 aromatic heterocycles. The molecule has 0 aliphatic carbocycles. The van der Waals surface area contributed by atoms with Gasteiger partial charge in [0.15, 0.2) is 11.5 Å². The van der Waals surface area contributed by atoms with Gasteiger partial charge in [0.2, 0.25) is 11.1 Å². The van der Waals surface area contributed by atoms with Crippen LogP contribution < -0.4 is 26.1 Å². The number of nitrogens with two attached hydrogens (primary N) is 1. The van der Waals surface area contributed by atoms with Crippen molar-refractivity contribution in [3.8, 4) is 11.5 Å². The van der Waals surface area contributed by atoms with Crippen molar-refractivity contribution in [2.45, 2.75) is 18.6 Å². The van der Waals surface area contributed by atoms with Crippen molar-refractivity contribution in [3.05, 3.63) is 59.4 Å². The Kier molecular flexibility index (Phi) is 8.08. The van der Waals surface area contributed by atoms with Crippen LogP contribution in [0.25, 0.3) is 0 Å². The molecule has 33 heavy (non-hydrogen) atoms. The second kappa shape index (κ2) is 11.2. The minimum atomic E-state index is -0.324. The first-order valence-corrected chi connectivity index (χ1v) is 10.8. The Morgan fingerprint density at radius 3 is 2.58 bits per heavy atom. The molecule has 0 atom stereocenters. The van der Waals surface area contributed by atoms with Crippen LogP contribution in [-0.4, -0.2) is 46.5 Å². The molecule has 0 aliphatic heterocycles. The van der Waals surface area contributed by atoms with Crippen molar-refractivity contribution in [1.82, 2.24) is 20.2 Å². The van der Waals surface area contributed by atoms with Gasteiger partial charge >= 0.3 is 0 Å². The van der Waals surface area contributed by atoms with Crippen molar-refractivity contribution in [1.29, 1.82) is 0 Å². The number of hydrogen-bond acceptors (Lipinski definition) is 9. The molecule has 0 aliphatic rings. The fourth-order valence-electron chi connectivity index (χ4n) is 2.70. The molecule has 4 N–H and O–H groups in total. The summed E-state index contributed by atoms with van der Waals surface area (Å²) in [5.74, 6) is 6.97. The number of halogens is 1. The fourth-order valence-corrected chi connectivity index (χ4v) is 3.38. The minimum Gasteiger partial charge on any atom is -0.493 e. The number of carbonyl (C=O) groups excluding carboxylic acids is 1. The topological polar surface area (TPSA) is 129 Å². The number of nitrogens with one attached hydrogen (secondary N) is 2. The maximum atomic E-state index is 12.9. The standard InChI is InChI=1S/C21H24FN7O3S/c1-13(15-6-9-17(31-2)18(10-15)32-3)25-26-20-27-28-21(29(20)23)33-12-19(30)24-11-14-4-7-16(22)8-5-14/h4-10H,11-12,23H2,1-3H3,(H,24,30)(H,26,27)/b25-13+. The SMILES string of the molecule is COc1ccc(/C(C)=N/Nc2nnc(SCC(=O)NCc3ccc(F)cc3)n2N)cc1OC. The number of methoxy groups -OCH3 is 2. The number of amides is 1. The zero-order chi connectivity index (χ0) is 23.8. The number of carbonyl (C=O) groups is 1. The van der Waals surface area contributed by atoms with Gasteiger partial charge in [0.25, 0.3) is 5.95 Å². The largest absolute Gasteiger partial charge is 0.493 e. The predicted octanol–water partition coefficient (Wildman–Crippen LogP) is 2.39. The molecule has 0 spiro atoms. The molecule has 0 unspecified atom stereocenters. The lowest BCUT2D eigenvalue weighted by Gasteiger charge is -2.09.